The summed E-state index contributed by atoms with van der Waals surface area (Å²) in [5.41, 5.74) is 19.8. The Morgan fingerprint density at radius 2 is 0.733 bits per heavy atom. The van der Waals surface area contributed by atoms with Crippen molar-refractivity contribution in [1.82, 2.24) is 0 Å². The molecule has 0 amide bonds. The van der Waals surface area contributed by atoms with Gasteiger partial charge in [0.05, 0.1) is 0 Å². The first kappa shape index (κ1) is 53.3. The summed E-state index contributed by atoms with van der Waals surface area (Å²) in [6.07, 6.45) is 6.65. The highest BCUT2D eigenvalue weighted by molar-refractivity contribution is 5.64. The fourth-order valence-corrected chi connectivity index (χ4v) is 9.43. The van der Waals surface area contributed by atoms with E-state index in [-0.39, 0.29) is 0 Å². The lowest BCUT2D eigenvalue weighted by Gasteiger charge is -2.18. The molecule has 0 spiro atoms. The molecule has 0 atom stereocenters. The third kappa shape index (κ3) is 17.8. The molecule has 0 saturated heterocycles. The van der Waals surface area contributed by atoms with Gasteiger partial charge in [-0.25, -0.2) is 18.3 Å². The van der Waals surface area contributed by atoms with Crippen molar-refractivity contribution < 1.29 is 23.8 Å². The van der Waals surface area contributed by atoms with E-state index in [1.54, 1.807) is 0 Å². The highest BCUT2D eigenvalue weighted by Crippen LogP contribution is 2.28. The fraction of sp³-hybridized carbons (Fsp3) is 0.380. The molecule has 4 heterocycles. The van der Waals surface area contributed by atoms with Crippen molar-refractivity contribution in [2.75, 3.05) is 0 Å². The molecule has 8 rings (SSSR count). The highest BCUT2D eigenvalue weighted by Gasteiger charge is 2.21. The highest BCUT2D eigenvalue weighted by atomic mass is 14.9. The maximum absolute atomic E-state index is 8.46. The SMILES string of the molecule is Cc1ccccc1-c1cc(C)c(C(C)C)c[n+]1C.Cc1ccccc1-c1cc(CC(C)(C)C)cc[n+]1C.[2H]C([2H])(c1cc[n+](C)c(-c2ccccc2C)c1)C(C)(C)C.[2H]C([2H])(c1ccc(-c2ccccc2C)[n+](C)c1)C(C)(C)C. The van der Waals surface area contributed by atoms with Crippen LogP contribution in [0.25, 0.3) is 45.0 Å². The van der Waals surface area contributed by atoms with Crippen LogP contribution in [-0.4, -0.2) is 0 Å². The number of hydrogen-bond acceptors (Lipinski definition) is 0. The maximum Gasteiger partial charge on any atom is 0.212 e. The molecule has 4 aromatic heterocycles. The summed E-state index contributed by atoms with van der Waals surface area (Å²) in [5, 5.41) is 0. The lowest BCUT2D eigenvalue weighted by molar-refractivity contribution is -0.661. The molecule has 0 aliphatic heterocycles. The molecule has 4 heteroatoms. The average Bonchev–Trinajstić information content (AvgIpc) is 3.39. The Balaban J connectivity index is 0.000000194. The first-order valence-electron chi connectivity index (χ1n) is 28.9. The van der Waals surface area contributed by atoms with Gasteiger partial charge >= 0.3 is 0 Å². The van der Waals surface area contributed by atoms with Crippen molar-refractivity contribution in [3.05, 3.63) is 214 Å². The van der Waals surface area contributed by atoms with Crippen LogP contribution in [0.4, 0.5) is 0 Å². The molecule has 0 fully saturated rings. The lowest BCUT2D eigenvalue weighted by Crippen LogP contribution is -2.32. The molecule has 0 aliphatic carbocycles. The zero-order valence-electron chi connectivity index (χ0n) is 53.7. The third-order valence-electron chi connectivity index (χ3n) is 13.1. The molecule has 0 saturated carbocycles. The molecule has 0 unspecified atom stereocenters. The van der Waals surface area contributed by atoms with Gasteiger partial charge in [0.1, 0.15) is 28.2 Å². The van der Waals surface area contributed by atoms with E-state index in [9.17, 15) is 0 Å². The van der Waals surface area contributed by atoms with E-state index in [0.29, 0.717) is 11.3 Å². The van der Waals surface area contributed by atoms with E-state index in [4.69, 9.17) is 5.48 Å². The zero-order chi connectivity index (χ0) is 59.0. The molecule has 0 N–H and O–H groups in total. The third-order valence-corrected chi connectivity index (χ3v) is 13.1. The molecule has 0 aliphatic rings. The molecule has 75 heavy (non-hydrogen) atoms. The van der Waals surface area contributed by atoms with Gasteiger partial charge in [-0.15, -0.1) is 0 Å². The van der Waals surface area contributed by atoms with Crippen molar-refractivity contribution >= 4 is 0 Å². The van der Waals surface area contributed by atoms with E-state index < -0.39 is 23.6 Å². The maximum atomic E-state index is 8.46. The Bertz CT molecular complexity index is 3350. The van der Waals surface area contributed by atoms with Crippen molar-refractivity contribution in [2.45, 2.75) is 136 Å². The largest absolute Gasteiger partial charge is 0.212 e. The molecule has 0 radical (unpaired) electrons. The van der Waals surface area contributed by atoms with Crippen LogP contribution in [0.5, 0.6) is 0 Å². The quantitative estimate of drug-likeness (QED) is 0.135. The minimum atomic E-state index is -1.38. The number of aromatic nitrogens is 4. The van der Waals surface area contributed by atoms with Crippen molar-refractivity contribution in [1.29, 1.82) is 0 Å². The Hall–Kier alpha value is -6.52. The number of nitrogens with zero attached hydrogens (tertiary/aromatic N) is 4. The molecule has 394 valence electrons. The van der Waals surface area contributed by atoms with Crippen LogP contribution in [-0.2, 0) is 47.4 Å². The fourth-order valence-electron chi connectivity index (χ4n) is 9.43. The van der Waals surface area contributed by atoms with Gasteiger partial charge in [0.2, 0.25) is 22.8 Å². The first-order valence-corrected chi connectivity index (χ1v) is 26.9. The van der Waals surface area contributed by atoms with Crippen LogP contribution in [0.2, 0.25) is 0 Å². The topological polar surface area (TPSA) is 15.5 Å². The predicted molar refractivity (Wildman–Crippen MR) is 319 cm³/mol. The number of aryl methyl sites for hydroxylation is 9. The number of benzene rings is 4. The molecule has 8 aromatic rings. The second-order valence-electron chi connectivity index (χ2n) is 24.2. The number of hydrogen-bond donors (Lipinski definition) is 0. The van der Waals surface area contributed by atoms with E-state index in [2.05, 4.69) is 196 Å². The molecule has 4 aromatic carbocycles. The Morgan fingerprint density at radius 3 is 1.12 bits per heavy atom. The minimum Gasteiger partial charge on any atom is -0.201 e. The second kappa shape index (κ2) is 25.8. The smallest absolute Gasteiger partial charge is 0.201 e. The summed E-state index contributed by atoms with van der Waals surface area (Å²) in [5.74, 6) is 0.571. The molecule has 4 nitrogen and oxygen atoms in total. The van der Waals surface area contributed by atoms with E-state index in [1.807, 2.05) is 126 Å². The molecular formula is C71H94N4+4. The standard InChI is InChI=1S/3C18H24N.C17H22N/c2*1-14-8-6-7-9-16(14)17-12-15(10-11-19(17)5)13-18(2,3)4;1-14-8-6-7-9-16(14)17-11-10-15(13-19(17)5)12-18(2,3)4;1-12(2)16-11-18(5)17(10-14(16)4)15-9-7-6-8-13(15)3/h2*6-12H,13H2,1-5H3;6-11,13H,12H2,1-5H3;6-12H,1-5H3/q4*+1/i13D2;;12D2;. The summed E-state index contributed by atoms with van der Waals surface area (Å²) < 4.78 is 42.2. The van der Waals surface area contributed by atoms with Crippen LogP contribution in [0.15, 0.2) is 164 Å². The van der Waals surface area contributed by atoms with Gasteiger partial charge in [-0.1, -0.05) is 149 Å². The van der Waals surface area contributed by atoms with Crippen LogP contribution in [0, 0.1) is 50.9 Å². The second-order valence-corrected chi connectivity index (χ2v) is 24.2. The minimum absolute atomic E-state index is 0.322. The van der Waals surface area contributed by atoms with Crippen molar-refractivity contribution in [3.8, 4) is 45.0 Å². The van der Waals surface area contributed by atoms with Crippen LogP contribution in [0.3, 0.4) is 0 Å². The Labute approximate surface area is 461 Å². The van der Waals surface area contributed by atoms with Gasteiger partial charge in [0.25, 0.3) is 0 Å². The van der Waals surface area contributed by atoms with Gasteiger partial charge in [-0.3, -0.25) is 0 Å². The van der Waals surface area contributed by atoms with Gasteiger partial charge in [-0.2, -0.15) is 0 Å². The lowest BCUT2D eigenvalue weighted by atomic mass is 9.88. The normalized spacial score (nSPS) is 12.7. The summed E-state index contributed by atoms with van der Waals surface area (Å²) in [7, 11) is 8.22. The van der Waals surface area contributed by atoms with Crippen LogP contribution in [0.1, 0.15) is 138 Å². The molecule has 0 bridgehead atoms. The van der Waals surface area contributed by atoms with Crippen molar-refractivity contribution in [2.24, 2.45) is 44.4 Å². The summed E-state index contributed by atoms with van der Waals surface area (Å²) in [6.45, 7) is 33.7. The van der Waals surface area contributed by atoms with Gasteiger partial charge in [0, 0.05) is 75.3 Å². The van der Waals surface area contributed by atoms with E-state index >= 15 is 0 Å². The summed E-state index contributed by atoms with van der Waals surface area (Å²) in [4.78, 5) is 0. The van der Waals surface area contributed by atoms with E-state index in [1.165, 1.54) is 67.0 Å². The van der Waals surface area contributed by atoms with Gasteiger partial charge in [-0.05, 0) is 145 Å². The van der Waals surface area contributed by atoms with Gasteiger partial charge in [0.15, 0.2) is 24.8 Å². The van der Waals surface area contributed by atoms with E-state index in [0.717, 1.165) is 34.5 Å². The number of pyridine rings is 4. The van der Waals surface area contributed by atoms with Gasteiger partial charge < -0.3 is 0 Å². The monoisotopic (exact) mass is 1010 g/mol. The Kier molecular flexibility index (Phi) is 18.4. The molecular weight excluding hydrogens is 909 g/mol. The van der Waals surface area contributed by atoms with Crippen molar-refractivity contribution in [3.63, 3.8) is 0 Å². The Morgan fingerprint density at radius 1 is 0.373 bits per heavy atom. The first-order chi connectivity index (χ1) is 36.7. The predicted octanol–water partition coefficient (Wildman–Crippen LogP) is 16.1. The number of rotatable bonds is 8. The van der Waals surface area contributed by atoms with Crippen LogP contribution >= 0.6 is 0 Å². The summed E-state index contributed by atoms with van der Waals surface area (Å²) >= 11 is 0. The summed E-state index contributed by atoms with van der Waals surface area (Å²) in [6, 6.07) is 48.3. The average molecular weight is 1010 g/mol. The zero-order valence-corrected chi connectivity index (χ0v) is 49.7. The van der Waals surface area contributed by atoms with Crippen LogP contribution < -0.4 is 18.3 Å².